The molecule has 5 nitrogen and oxygen atoms in total. The zero-order valence-electron chi connectivity index (χ0n) is 16.1. The van der Waals surface area contributed by atoms with Gasteiger partial charge in [0.1, 0.15) is 0 Å². The number of nitrogens with zero attached hydrogens (tertiary/aromatic N) is 3. The van der Waals surface area contributed by atoms with Crippen molar-refractivity contribution in [3.05, 3.63) is 70.2 Å². The average Bonchev–Trinajstić information content (AvgIpc) is 3.10. The van der Waals surface area contributed by atoms with Gasteiger partial charge in [-0.05, 0) is 29.8 Å². The predicted octanol–water partition coefficient (Wildman–Crippen LogP) is 5.06. The molecule has 0 saturated heterocycles. The summed E-state index contributed by atoms with van der Waals surface area (Å²) < 4.78 is 5.81. The summed E-state index contributed by atoms with van der Waals surface area (Å²) in [5, 5.41) is 1.07. The van der Waals surface area contributed by atoms with Gasteiger partial charge >= 0.3 is 0 Å². The Morgan fingerprint density at radius 1 is 1.17 bits per heavy atom. The van der Waals surface area contributed by atoms with Crippen LogP contribution in [0.4, 0.5) is 5.69 Å². The van der Waals surface area contributed by atoms with E-state index in [-0.39, 0.29) is 5.91 Å². The first-order valence-corrected chi connectivity index (χ1v) is 10.2. The van der Waals surface area contributed by atoms with Gasteiger partial charge in [0.05, 0.1) is 11.2 Å². The number of amides is 1. The minimum atomic E-state index is 0.0966. The molecule has 0 bridgehead atoms. The molecule has 150 valence electrons. The largest absolute Gasteiger partial charge is 0.441 e. The fraction of sp³-hybridized carbons (Fsp3) is 0.273. The van der Waals surface area contributed by atoms with Gasteiger partial charge in [0, 0.05) is 55.8 Å². The number of anilines is 1. The summed E-state index contributed by atoms with van der Waals surface area (Å²) in [6.07, 6.45) is 2.42. The van der Waals surface area contributed by atoms with Crippen molar-refractivity contribution in [2.75, 3.05) is 25.0 Å². The molecule has 0 atom stereocenters. The molecule has 1 aliphatic heterocycles. The lowest BCUT2D eigenvalue weighted by Crippen LogP contribution is -2.34. The number of halogens is 2. The predicted molar refractivity (Wildman–Crippen MR) is 115 cm³/mol. The molecule has 2 heterocycles. The Morgan fingerprint density at radius 2 is 2.00 bits per heavy atom. The first kappa shape index (κ1) is 19.8. The topological polar surface area (TPSA) is 49.6 Å². The second-order valence-electron chi connectivity index (χ2n) is 7.11. The number of carbonyl (C=O) groups excluding carboxylic acids is 1. The molecule has 0 unspecified atom stereocenters. The van der Waals surface area contributed by atoms with Crippen LogP contribution in [-0.4, -0.2) is 35.9 Å². The van der Waals surface area contributed by atoms with Crippen molar-refractivity contribution in [2.45, 2.75) is 19.4 Å². The molecule has 1 aromatic heterocycles. The van der Waals surface area contributed by atoms with Gasteiger partial charge < -0.3 is 14.2 Å². The summed E-state index contributed by atoms with van der Waals surface area (Å²) in [6.45, 7) is 2.12. The summed E-state index contributed by atoms with van der Waals surface area (Å²) in [7, 11) is 2.06. The van der Waals surface area contributed by atoms with Gasteiger partial charge in [-0.1, -0.05) is 41.4 Å². The van der Waals surface area contributed by atoms with Gasteiger partial charge in [-0.25, -0.2) is 4.98 Å². The van der Waals surface area contributed by atoms with E-state index in [0.29, 0.717) is 47.6 Å². The Morgan fingerprint density at radius 3 is 2.83 bits per heavy atom. The van der Waals surface area contributed by atoms with E-state index in [2.05, 4.69) is 29.1 Å². The number of carbonyl (C=O) groups is 1. The molecule has 0 saturated carbocycles. The molecule has 1 amide bonds. The number of aromatic nitrogens is 1. The highest BCUT2D eigenvalue weighted by molar-refractivity contribution is 6.36. The molecule has 0 radical (unpaired) electrons. The highest BCUT2D eigenvalue weighted by Crippen LogP contribution is 2.31. The molecule has 0 aliphatic carbocycles. The normalized spacial score (nSPS) is 13.9. The first-order valence-electron chi connectivity index (χ1n) is 9.48. The van der Waals surface area contributed by atoms with Gasteiger partial charge in [0.2, 0.25) is 5.91 Å². The third-order valence-corrected chi connectivity index (χ3v) is 5.67. The Hall–Kier alpha value is -2.50. The van der Waals surface area contributed by atoms with Crippen molar-refractivity contribution in [1.29, 1.82) is 0 Å². The van der Waals surface area contributed by atoms with E-state index in [1.807, 2.05) is 17.0 Å². The fourth-order valence-corrected chi connectivity index (χ4v) is 4.02. The van der Waals surface area contributed by atoms with Crippen molar-refractivity contribution in [1.82, 2.24) is 9.88 Å². The third-order valence-electron chi connectivity index (χ3n) is 5.12. The standard InChI is InChI=1S/C22H21Cl2N3O2/c1-26-10-11-27(14-15-4-2-3-5-19(15)26)22(28)9-8-21-25-13-20(29-21)17-7-6-16(23)12-18(17)24/h2-7,12-13H,8-11,14H2,1H3. The van der Waals surface area contributed by atoms with Crippen LogP contribution >= 0.6 is 23.2 Å². The zero-order chi connectivity index (χ0) is 20.4. The van der Waals surface area contributed by atoms with Crippen LogP contribution in [0.25, 0.3) is 11.3 Å². The lowest BCUT2D eigenvalue weighted by molar-refractivity contribution is -0.131. The zero-order valence-corrected chi connectivity index (χ0v) is 17.6. The lowest BCUT2D eigenvalue weighted by atomic mass is 10.1. The number of aryl methyl sites for hydroxylation is 1. The second kappa shape index (κ2) is 8.47. The van der Waals surface area contributed by atoms with E-state index in [9.17, 15) is 4.79 Å². The van der Waals surface area contributed by atoms with E-state index in [1.54, 1.807) is 24.4 Å². The van der Waals surface area contributed by atoms with Crippen LogP contribution in [0.1, 0.15) is 17.9 Å². The van der Waals surface area contributed by atoms with E-state index >= 15 is 0 Å². The Balaban J connectivity index is 1.41. The summed E-state index contributed by atoms with van der Waals surface area (Å²) in [6, 6.07) is 13.4. The first-order chi connectivity index (χ1) is 14.0. The molecule has 2 aromatic carbocycles. The second-order valence-corrected chi connectivity index (χ2v) is 7.95. The quantitative estimate of drug-likeness (QED) is 0.581. The Bertz CT molecular complexity index is 1030. The maximum Gasteiger partial charge on any atom is 0.223 e. The van der Waals surface area contributed by atoms with Crippen LogP contribution in [-0.2, 0) is 17.8 Å². The maximum atomic E-state index is 12.8. The minimum Gasteiger partial charge on any atom is -0.441 e. The summed E-state index contributed by atoms with van der Waals surface area (Å²) in [4.78, 5) is 21.2. The van der Waals surface area contributed by atoms with E-state index < -0.39 is 0 Å². The highest BCUT2D eigenvalue weighted by Gasteiger charge is 2.21. The van der Waals surface area contributed by atoms with Crippen LogP contribution in [0.15, 0.2) is 53.1 Å². The van der Waals surface area contributed by atoms with Crippen molar-refractivity contribution in [2.24, 2.45) is 0 Å². The molecule has 29 heavy (non-hydrogen) atoms. The van der Waals surface area contributed by atoms with Crippen LogP contribution in [0.3, 0.4) is 0 Å². The van der Waals surface area contributed by atoms with E-state index in [4.69, 9.17) is 27.6 Å². The van der Waals surface area contributed by atoms with Gasteiger partial charge in [-0.3, -0.25) is 4.79 Å². The number of para-hydroxylation sites is 1. The fourth-order valence-electron chi connectivity index (χ4n) is 3.52. The number of rotatable bonds is 4. The van der Waals surface area contributed by atoms with Crippen LogP contribution < -0.4 is 4.90 Å². The minimum absolute atomic E-state index is 0.0966. The van der Waals surface area contributed by atoms with Gasteiger partial charge in [-0.2, -0.15) is 0 Å². The van der Waals surface area contributed by atoms with Crippen molar-refractivity contribution < 1.29 is 9.21 Å². The van der Waals surface area contributed by atoms with Gasteiger partial charge in [0.25, 0.3) is 0 Å². The number of hydrogen-bond acceptors (Lipinski definition) is 4. The van der Waals surface area contributed by atoms with Crippen molar-refractivity contribution in [3.63, 3.8) is 0 Å². The number of hydrogen-bond donors (Lipinski definition) is 0. The summed E-state index contributed by atoms with van der Waals surface area (Å²) in [5.41, 5.74) is 3.07. The molecule has 7 heteroatoms. The monoisotopic (exact) mass is 429 g/mol. The van der Waals surface area contributed by atoms with Gasteiger partial charge in [0.15, 0.2) is 11.7 Å². The number of likely N-dealkylation sites (N-methyl/N-ethyl adjacent to an activating group) is 1. The van der Waals surface area contributed by atoms with Crippen molar-refractivity contribution >= 4 is 34.8 Å². The molecule has 1 aliphatic rings. The van der Waals surface area contributed by atoms with Crippen LogP contribution in [0.5, 0.6) is 0 Å². The summed E-state index contributed by atoms with van der Waals surface area (Å²) in [5.74, 6) is 1.19. The molecule has 0 N–H and O–H groups in total. The SMILES string of the molecule is CN1CCN(C(=O)CCc2ncc(-c3ccc(Cl)cc3Cl)o2)Cc2ccccc21. The van der Waals surface area contributed by atoms with Gasteiger partial charge in [-0.15, -0.1) is 0 Å². The van der Waals surface area contributed by atoms with E-state index in [1.165, 1.54) is 5.69 Å². The third kappa shape index (κ3) is 4.41. The molecular weight excluding hydrogens is 409 g/mol. The molecule has 3 aromatic rings. The van der Waals surface area contributed by atoms with Crippen LogP contribution in [0.2, 0.25) is 10.0 Å². The lowest BCUT2D eigenvalue weighted by Gasteiger charge is -2.20. The van der Waals surface area contributed by atoms with Crippen molar-refractivity contribution in [3.8, 4) is 11.3 Å². The average molecular weight is 430 g/mol. The smallest absolute Gasteiger partial charge is 0.223 e. The molecular formula is C22H21Cl2N3O2. The Kier molecular flexibility index (Phi) is 5.79. The van der Waals surface area contributed by atoms with E-state index in [0.717, 1.165) is 17.7 Å². The van der Waals surface area contributed by atoms with Crippen LogP contribution in [0, 0.1) is 0 Å². The number of oxazole rings is 1. The molecule has 0 fully saturated rings. The number of fused-ring (bicyclic) bond motifs is 1. The highest BCUT2D eigenvalue weighted by atomic mass is 35.5. The number of benzene rings is 2. The summed E-state index contributed by atoms with van der Waals surface area (Å²) >= 11 is 12.2. The maximum absolute atomic E-state index is 12.8. The molecule has 0 spiro atoms. The molecule has 4 rings (SSSR count). The Labute approximate surface area is 179 Å².